The number of hydrogen-bond donors (Lipinski definition) is 2. The SMILES string of the molecule is NC(=O)CN(Cc1cccc(N)c1)S(=O)(=O)C1CC1. The summed E-state index contributed by atoms with van der Waals surface area (Å²) >= 11 is 0. The maximum absolute atomic E-state index is 12.2. The molecule has 7 heteroatoms. The standard InChI is InChI=1S/C12H17N3O3S/c13-10-3-1-2-9(6-10)7-15(8-12(14)16)19(17,18)11-4-5-11/h1-3,6,11H,4-5,7-8,13H2,(H2,14,16). The normalized spacial score (nSPS) is 15.6. The highest BCUT2D eigenvalue weighted by atomic mass is 32.2. The first kappa shape index (κ1) is 13.8. The minimum Gasteiger partial charge on any atom is -0.399 e. The molecule has 1 aliphatic carbocycles. The smallest absolute Gasteiger partial charge is 0.232 e. The van der Waals surface area contributed by atoms with Crippen molar-refractivity contribution in [3.63, 3.8) is 0 Å². The molecule has 2 rings (SSSR count). The number of primary amides is 1. The molecular weight excluding hydrogens is 266 g/mol. The molecule has 1 fully saturated rings. The summed E-state index contributed by atoms with van der Waals surface area (Å²) in [6.07, 6.45) is 1.29. The number of nitrogen functional groups attached to an aromatic ring is 1. The van der Waals surface area contributed by atoms with Crippen molar-refractivity contribution < 1.29 is 13.2 Å². The van der Waals surface area contributed by atoms with Gasteiger partial charge in [0.15, 0.2) is 0 Å². The summed E-state index contributed by atoms with van der Waals surface area (Å²) in [5, 5.41) is -0.368. The van der Waals surface area contributed by atoms with Crippen LogP contribution in [0.1, 0.15) is 18.4 Å². The van der Waals surface area contributed by atoms with Crippen molar-refractivity contribution in [2.24, 2.45) is 5.73 Å². The van der Waals surface area contributed by atoms with Gasteiger partial charge in [-0.05, 0) is 30.5 Å². The zero-order valence-corrected chi connectivity index (χ0v) is 11.3. The first-order chi connectivity index (χ1) is 8.89. The Morgan fingerprint density at radius 3 is 2.58 bits per heavy atom. The number of nitrogens with two attached hydrogens (primary N) is 2. The molecule has 6 nitrogen and oxygen atoms in total. The van der Waals surface area contributed by atoms with Gasteiger partial charge in [0.1, 0.15) is 0 Å². The van der Waals surface area contributed by atoms with Crippen LogP contribution < -0.4 is 11.5 Å². The lowest BCUT2D eigenvalue weighted by molar-refractivity contribution is -0.118. The van der Waals surface area contributed by atoms with E-state index in [9.17, 15) is 13.2 Å². The lowest BCUT2D eigenvalue weighted by Crippen LogP contribution is -2.39. The van der Waals surface area contributed by atoms with E-state index in [1.54, 1.807) is 24.3 Å². The van der Waals surface area contributed by atoms with Gasteiger partial charge in [-0.25, -0.2) is 8.42 Å². The molecule has 1 aliphatic rings. The van der Waals surface area contributed by atoms with Crippen molar-refractivity contribution in [1.29, 1.82) is 0 Å². The van der Waals surface area contributed by atoms with Crippen molar-refractivity contribution in [3.8, 4) is 0 Å². The zero-order valence-electron chi connectivity index (χ0n) is 10.5. The number of sulfonamides is 1. The fraction of sp³-hybridized carbons (Fsp3) is 0.417. The molecule has 0 heterocycles. The van der Waals surface area contributed by atoms with Crippen molar-refractivity contribution in [3.05, 3.63) is 29.8 Å². The molecule has 1 saturated carbocycles. The van der Waals surface area contributed by atoms with Crippen molar-refractivity contribution >= 4 is 21.6 Å². The molecule has 0 aliphatic heterocycles. The van der Waals surface area contributed by atoms with Gasteiger partial charge in [0.2, 0.25) is 15.9 Å². The Hall–Kier alpha value is -1.60. The topological polar surface area (TPSA) is 106 Å². The number of rotatable bonds is 6. The van der Waals surface area contributed by atoms with Crippen LogP contribution in [0.5, 0.6) is 0 Å². The van der Waals surface area contributed by atoms with Crippen LogP contribution in [0.25, 0.3) is 0 Å². The monoisotopic (exact) mass is 283 g/mol. The number of benzene rings is 1. The van der Waals surface area contributed by atoms with Gasteiger partial charge >= 0.3 is 0 Å². The van der Waals surface area contributed by atoms with E-state index < -0.39 is 15.9 Å². The predicted octanol–water partition coefficient (Wildman–Crippen LogP) is 0.0483. The number of hydrogen-bond acceptors (Lipinski definition) is 4. The lowest BCUT2D eigenvalue weighted by Gasteiger charge is -2.20. The molecule has 1 amide bonds. The third kappa shape index (κ3) is 3.45. The summed E-state index contributed by atoms with van der Waals surface area (Å²) in [5.74, 6) is -0.659. The van der Waals surface area contributed by atoms with E-state index in [1.807, 2.05) is 0 Å². The van der Waals surface area contributed by atoms with Crippen LogP contribution in [0.3, 0.4) is 0 Å². The number of carbonyl (C=O) groups is 1. The van der Waals surface area contributed by atoms with Gasteiger partial charge in [0.25, 0.3) is 0 Å². The van der Waals surface area contributed by atoms with Gasteiger partial charge < -0.3 is 11.5 Å². The molecular formula is C12H17N3O3S. The highest BCUT2D eigenvalue weighted by Crippen LogP contribution is 2.31. The lowest BCUT2D eigenvalue weighted by atomic mass is 10.2. The summed E-state index contributed by atoms with van der Waals surface area (Å²) in [5.41, 5.74) is 12.1. The molecule has 0 spiro atoms. The fourth-order valence-electron chi connectivity index (χ4n) is 1.88. The van der Waals surface area contributed by atoms with Crippen LogP contribution in [0.15, 0.2) is 24.3 Å². The molecule has 0 aromatic heterocycles. The minimum atomic E-state index is -3.44. The summed E-state index contributed by atoms with van der Waals surface area (Å²) in [6.45, 7) is -0.180. The number of amides is 1. The summed E-state index contributed by atoms with van der Waals surface area (Å²) < 4.78 is 25.6. The zero-order chi connectivity index (χ0) is 14.0. The van der Waals surface area contributed by atoms with Gasteiger partial charge in [0, 0.05) is 12.2 Å². The van der Waals surface area contributed by atoms with Crippen LogP contribution >= 0.6 is 0 Å². The summed E-state index contributed by atoms with van der Waals surface area (Å²) in [7, 11) is -3.44. The second-order valence-corrected chi connectivity index (χ2v) is 6.94. The Morgan fingerprint density at radius 1 is 1.37 bits per heavy atom. The Labute approximate surface area is 112 Å². The predicted molar refractivity (Wildman–Crippen MR) is 72.4 cm³/mol. The van der Waals surface area contributed by atoms with Crippen molar-refractivity contribution in [1.82, 2.24) is 4.31 Å². The van der Waals surface area contributed by atoms with Crippen molar-refractivity contribution in [2.75, 3.05) is 12.3 Å². The number of nitrogens with zero attached hydrogens (tertiary/aromatic N) is 1. The van der Waals surface area contributed by atoms with E-state index in [0.717, 1.165) is 9.87 Å². The average molecular weight is 283 g/mol. The van der Waals surface area contributed by atoms with Gasteiger partial charge in [-0.3, -0.25) is 4.79 Å². The molecule has 0 bridgehead atoms. The third-order valence-corrected chi connectivity index (χ3v) is 5.24. The van der Waals surface area contributed by atoms with Crippen LogP contribution in [0.4, 0.5) is 5.69 Å². The molecule has 0 unspecified atom stereocenters. The van der Waals surface area contributed by atoms with Crippen molar-refractivity contribution in [2.45, 2.75) is 24.6 Å². The molecule has 0 radical (unpaired) electrons. The van der Waals surface area contributed by atoms with Crippen LogP contribution in [-0.4, -0.2) is 30.4 Å². The fourth-order valence-corrected chi connectivity index (χ4v) is 3.67. The molecule has 0 atom stereocenters. The average Bonchev–Trinajstić information content (AvgIpc) is 3.11. The molecule has 4 N–H and O–H groups in total. The number of carbonyl (C=O) groups excluding carboxylic acids is 1. The van der Waals surface area contributed by atoms with Gasteiger partial charge in [-0.15, -0.1) is 0 Å². The van der Waals surface area contributed by atoms with E-state index >= 15 is 0 Å². The maximum Gasteiger partial charge on any atom is 0.232 e. The second kappa shape index (κ2) is 5.18. The van der Waals surface area contributed by atoms with Gasteiger partial charge in [-0.1, -0.05) is 12.1 Å². The Bertz CT molecular complexity index is 582. The van der Waals surface area contributed by atoms with E-state index in [1.165, 1.54) is 0 Å². The summed E-state index contributed by atoms with van der Waals surface area (Å²) in [4.78, 5) is 11.0. The Balaban J connectivity index is 2.21. The summed E-state index contributed by atoms with van der Waals surface area (Å²) in [6, 6.07) is 6.93. The Morgan fingerprint density at radius 2 is 2.05 bits per heavy atom. The molecule has 1 aromatic carbocycles. The quantitative estimate of drug-likeness (QED) is 0.719. The molecule has 19 heavy (non-hydrogen) atoms. The van der Waals surface area contributed by atoms with E-state index in [0.29, 0.717) is 18.5 Å². The first-order valence-corrected chi connectivity index (χ1v) is 7.51. The first-order valence-electron chi connectivity index (χ1n) is 6.01. The third-order valence-electron chi connectivity index (χ3n) is 2.95. The highest BCUT2D eigenvalue weighted by Gasteiger charge is 2.40. The van der Waals surface area contributed by atoms with Crippen LogP contribution in [0.2, 0.25) is 0 Å². The van der Waals surface area contributed by atoms with E-state index in [-0.39, 0.29) is 18.3 Å². The second-order valence-electron chi connectivity index (χ2n) is 4.72. The number of anilines is 1. The van der Waals surface area contributed by atoms with Gasteiger partial charge in [0.05, 0.1) is 11.8 Å². The van der Waals surface area contributed by atoms with Gasteiger partial charge in [-0.2, -0.15) is 4.31 Å². The molecule has 0 saturated heterocycles. The molecule has 104 valence electrons. The van der Waals surface area contributed by atoms with E-state index in [4.69, 9.17) is 11.5 Å². The minimum absolute atomic E-state index is 0.118. The highest BCUT2D eigenvalue weighted by molar-refractivity contribution is 7.90. The van der Waals surface area contributed by atoms with E-state index in [2.05, 4.69) is 0 Å². The van der Waals surface area contributed by atoms with Crippen LogP contribution in [-0.2, 0) is 21.4 Å². The maximum atomic E-state index is 12.2. The van der Waals surface area contributed by atoms with Crippen LogP contribution in [0, 0.1) is 0 Å². The Kier molecular flexibility index (Phi) is 3.77. The molecule has 1 aromatic rings. The largest absolute Gasteiger partial charge is 0.399 e.